The van der Waals surface area contributed by atoms with Crippen molar-refractivity contribution in [3.05, 3.63) is 52.8 Å². The summed E-state index contributed by atoms with van der Waals surface area (Å²) >= 11 is 5.86. The van der Waals surface area contributed by atoms with Gasteiger partial charge < -0.3 is 5.32 Å². The van der Waals surface area contributed by atoms with Gasteiger partial charge in [0.15, 0.2) is 0 Å². The van der Waals surface area contributed by atoms with Crippen molar-refractivity contribution in [2.24, 2.45) is 0 Å². The maximum Gasteiger partial charge on any atom is 0.242 e. The Labute approximate surface area is 129 Å². The topological polar surface area (TPSA) is 46.9 Å². The Hall–Kier alpha value is -1.81. The first-order valence-electron chi connectivity index (χ1n) is 7.19. The van der Waals surface area contributed by atoms with Crippen LogP contribution in [0, 0.1) is 0 Å². The molecule has 110 valence electrons. The fraction of sp³-hybridized carbons (Fsp3) is 0.375. The molecule has 2 aromatic rings. The summed E-state index contributed by atoms with van der Waals surface area (Å²) in [4.78, 5) is 12.1. The summed E-state index contributed by atoms with van der Waals surface area (Å²) in [5.41, 5.74) is 2.28. The highest BCUT2D eigenvalue weighted by Crippen LogP contribution is 2.39. The lowest BCUT2D eigenvalue weighted by Gasteiger charge is -2.14. The third-order valence-electron chi connectivity index (χ3n) is 3.76. The van der Waals surface area contributed by atoms with E-state index in [0.29, 0.717) is 10.9 Å². The van der Waals surface area contributed by atoms with Crippen LogP contribution in [-0.4, -0.2) is 15.7 Å². The number of benzene rings is 1. The number of aromatic nitrogens is 2. The Bertz CT molecular complexity index is 631. The number of nitrogens with one attached hydrogen (secondary N) is 1. The zero-order valence-electron chi connectivity index (χ0n) is 11.9. The Morgan fingerprint density at radius 1 is 1.43 bits per heavy atom. The molecule has 1 aliphatic carbocycles. The number of amides is 1. The lowest BCUT2D eigenvalue weighted by atomic mass is 10.1. The van der Waals surface area contributed by atoms with E-state index >= 15 is 0 Å². The standard InChI is InChI=1S/C16H18ClN3O/c1-11(12-4-6-15(17)7-5-12)19-16(21)10-20-9-14(8-18-20)13-2-3-13/h4-9,11,13H,2-3,10H2,1H3,(H,19,21)/t11-/m1/s1. The van der Waals surface area contributed by atoms with Crippen LogP contribution in [0.15, 0.2) is 36.7 Å². The van der Waals surface area contributed by atoms with Gasteiger partial charge in [0, 0.05) is 11.2 Å². The fourth-order valence-electron chi connectivity index (χ4n) is 2.36. The summed E-state index contributed by atoms with van der Waals surface area (Å²) in [6, 6.07) is 7.45. The molecule has 0 unspecified atom stereocenters. The summed E-state index contributed by atoms with van der Waals surface area (Å²) in [5.74, 6) is 0.623. The van der Waals surface area contributed by atoms with Gasteiger partial charge in [-0.1, -0.05) is 23.7 Å². The van der Waals surface area contributed by atoms with Crippen molar-refractivity contribution in [2.75, 3.05) is 0 Å². The lowest BCUT2D eigenvalue weighted by molar-refractivity contribution is -0.122. The van der Waals surface area contributed by atoms with Crippen LogP contribution in [0.3, 0.4) is 0 Å². The summed E-state index contributed by atoms with van der Waals surface area (Å²) in [6.45, 7) is 2.21. The molecule has 0 spiro atoms. The minimum absolute atomic E-state index is 0.0390. The van der Waals surface area contributed by atoms with E-state index in [4.69, 9.17) is 11.6 Å². The van der Waals surface area contributed by atoms with Crippen LogP contribution in [0.1, 0.15) is 42.9 Å². The normalized spacial score (nSPS) is 15.7. The van der Waals surface area contributed by atoms with Gasteiger partial charge in [-0.15, -0.1) is 0 Å². The quantitative estimate of drug-likeness (QED) is 0.921. The highest BCUT2D eigenvalue weighted by molar-refractivity contribution is 6.30. The smallest absolute Gasteiger partial charge is 0.242 e. The molecule has 1 amide bonds. The Kier molecular flexibility index (Phi) is 3.97. The van der Waals surface area contributed by atoms with Crippen molar-refractivity contribution in [1.82, 2.24) is 15.1 Å². The first-order valence-corrected chi connectivity index (χ1v) is 7.57. The van der Waals surface area contributed by atoms with Gasteiger partial charge in [0.25, 0.3) is 0 Å². The van der Waals surface area contributed by atoms with Gasteiger partial charge in [-0.2, -0.15) is 5.10 Å². The second-order valence-electron chi connectivity index (χ2n) is 5.59. The molecule has 1 atom stereocenters. The van der Waals surface area contributed by atoms with Gasteiger partial charge in [-0.05, 0) is 48.9 Å². The van der Waals surface area contributed by atoms with Crippen LogP contribution in [0.5, 0.6) is 0 Å². The summed E-state index contributed by atoms with van der Waals surface area (Å²) in [6.07, 6.45) is 6.33. The largest absolute Gasteiger partial charge is 0.348 e. The number of carbonyl (C=O) groups is 1. The van der Waals surface area contributed by atoms with Gasteiger partial charge in [0.1, 0.15) is 6.54 Å². The van der Waals surface area contributed by atoms with Gasteiger partial charge in [-0.25, -0.2) is 0 Å². The molecule has 1 fully saturated rings. The number of halogens is 1. The van der Waals surface area contributed by atoms with E-state index < -0.39 is 0 Å². The number of carbonyl (C=O) groups excluding carboxylic acids is 1. The molecule has 4 nitrogen and oxygen atoms in total. The van der Waals surface area contributed by atoms with Crippen molar-refractivity contribution in [2.45, 2.75) is 38.3 Å². The van der Waals surface area contributed by atoms with Gasteiger partial charge in [-0.3, -0.25) is 9.48 Å². The summed E-state index contributed by atoms with van der Waals surface area (Å²) < 4.78 is 1.71. The molecule has 1 saturated carbocycles. The fourth-order valence-corrected chi connectivity index (χ4v) is 2.49. The number of hydrogen-bond acceptors (Lipinski definition) is 2. The third kappa shape index (κ3) is 3.64. The van der Waals surface area contributed by atoms with E-state index in [2.05, 4.69) is 10.4 Å². The van der Waals surface area contributed by atoms with Crippen LogP contribution in [-0.2, 0) is 11.3 Å². The zero-order valence-corrected chi connectivity index (χ0v) is 12.7. The van der Waals surface area contributed by atoms with E-state index in [0.717, 1.165) is 5.56 Å². The van der Waals surface area contributed by atoms with Crippen molar-refractivity contribution in [1.29, 1.82) is 0 Å². The molecule has 1 aromatic heterocycles. The molecule has 0 saturated heterocycles. The molecule has 0 bridgehead atoms. The highest BCUT2D eigenvalue weighted by Gasteiger charge is 2.25. The molecular formula is C16H18ClN3O. The second-order valence-corrected chi connectivity index (χ2v) is 6.02. The molecule has 0 aliphatic heterocycles. The van der Waals surface area contributed by atoms with Crippen molar-refractivity contribution >= 4 is 17.5 Å². The van der Waals surface area contributed by atoms with Gasteiger partial charge in [0.05, 0.1) is 12.2 Å². The molecular weight excluding hydrogens is 286 g/mol. The number of rotatable bonds is 5. The highest BCUT2D eigenvalue weighted by atomic mass is 35.5. The SMILES string of the molecule is C[C@@H](NC(=O)Cn1cc(C2CC2)cn1)c1ccc(Cl)cc1. The minimum Gasteiger partial charge on any atom is -0.348 e. The van der Waals surface area contributed by atoms with E-state index in [1.807, 2.05) is 43.6 Å². The molecule has 0 radical (unpaired) electrons. The Morgan fingerprint density at radius 3 is 2.81 bits per heavy atom. The van der Waals surface area contributed by atoms with Crippen LogP contribution in [0.4, 0.5) is 0 Å². The van der Waals surface area contributed by atoms with Crippen LogP contribution in [0.25, 0.3) is 0 Å². The predicted molar refractivity (Wildman–Crippen MR) is 82.2 cm³/mol. The maximum atomic E-state index is 12.1. The van der Waals surface area contributed by atoms with Crippen LogP contribution >= 0.6 is 11.6 Å². The predicted octanol–water partition coefficient (Wildman–Crippen LogP) is 3.29. The Balaban J connectivity index is 1.56. The van der Waals surface area contributed by atoms with Crippen molar-refractivity contribution < 1.29 is 4.79 Å². The Morgan fingerprint density at radius 2 is 2.14 bits per heavy atom. The average molecular weight is 304 g/mol. The zero-order chi connectivity index (χ0) is 14.8. The first-order chi connectivity index (χ1) is 10.1. The third-order valence-corrected chi connectivity index (χ3v) is 4.01. The first kappa shape index (κ1) is 14.1. The van der Waals surface area contributed by atoms with E-state index in [9.17, 15) is 4.79 Å². The van der Waals surface area contributed by atoms with Crippen molar-refractivity contribution in [3.63, 3.8) is 0 Å². The summed E-state index contributed by atoms with van der Waals surface area (Å²) in [5, 5.41) is 7.92. The minimum atomic E-state index is -0.0479. The van der Waals surface area contributed by atoms with Crippen LogP contribution < -0.4 is 5.32 Å². The van der Waals surface area contributed by atoms with Crippen molar-refractivity contribution in [3.8, 4) is 0 Å². The van der Waals surface area contributed by atoms with Crippen LogP contribution in [0.2, 0.25) is 5.02 Å². The van der Waals surface area contributed by atoms with E-state index in [-0.39, 0.29) is 18.5 Å². The molecule has 5 heteroatoms. The van der Waals surface area contributed by atoms with E-state index in [1.165, 1.54) is 18.4 Å². The molecule has 1 heterocycles. The van der Waals surface area contributed by atoms with Gasteiger partial charge in [0.2, 0.25) is 5.91 Å². The molecule has 3 rings (SSSR count). The monoisotopic (exact) mass is 303 g/mol. The van der Waals surface area contributed by atoms with Gasteiger partial charge >= 0.3 is 0 Å². The molecule has 21 heavy (non-hydrogen) atoms. The second kappa shape index (κ2) is 5.90. The molecule has 1 N–H and O–H groups in total. The average Bonchev–Trinajstić information content (AvgIpc) is 3.20. The summed E-state index contributed by atoms with van der Waals surface area (Å²) in [7, 11) is 0. The molecule has 1 aliphatic rings. The number of hydrogen-bond donors (Lipinski definition) is 1. The molecule has 1 aromatic carbocycles. The lowest BCUT2D eigenvalue weighted by Crippen LogP contribution is -2.30. The maximum absolute atomic E-state index is 12.1. The van der Waals surface area contributed by atoms with E-state index in [1.54, 1.807) is 4.68 Å². The number of nitrogens with zero attached hydrogens (tertiary/aromatic N) is 2.